The summed E-state index contributed by atoms with van der Waals surface area (Å²) in [4.78, 5) is 41.9. The number of pyridine rings is 1. The molecule has 4 aromatic heterocycles. The highest BCUT2D eigenvalue weighted by molar-refractivity contribution is 7.52. The van der Waals surface area contributed by atoms with Crippen LogP contribution in [0.3, 0.4) is 0 Å². The van der Waals surface area contributed by atoms with Crippen LogP contribution in [0.2, 0.25) is 0 Å². The molecule has 4 unspecified atom stereocenters. The predicted molar refractivity (Wildman–Crippen MR) is 148 cm³/mol. The van der Waals surface area contributed by atoms with Gasteiger partial charge in [-0.25, -0.2) is 29.5 Å². The topological polar surface area (TPSA) is 297 Å². The minimum Gasteiger partial charge on any atom is -0.397 e. The largest absolute Gasteiger partial charge is 0.472 e. The minimum atomic E-state index is -4.99. The van der Waals surface area contributed by atoms with Gasteiger partial charge in [0.15, 0.2) is 29.6 Å². The van der Waals surface area contributed by atoms with Crippen molar-refractivity contribution in [1.29, 1.82) is 0 Å². The van der Waals surface area contributed by atoms with Crippen LogP contribution in [0.25, 0.3) is 22.3 Å². The number of phosphoric acid groups is 1. The fourth-order valence-electron chi connectivity index (χ4n) is 5.46. The number of hydrogen-bond acceptors (Lipinski definition) is 17. The van der Waals surface area contributed by atoms with Crippen molar-refractivity contribution in [3.8, 4) is 0 Å². The van der Waals surface area contributed by atoms with Crippen molar-refractivity contribution in [3.05, 3.63) is 31.2 Å². The summed E-state index contributed by atoms with van der Waals surface area (Å²) in [5.74, 6) is 0.0685. The third kappa shape index (κ3) is 5.50. The average molecular weight is 671 g/mol. The SMILES string of the molecule is Nc1ccnc2c1ncn2[C@@H]1O[C@@H]2COP(=O)(O)O[C@@H]3C(O)[C@H](n4cnc5c(N)ncnc54)O[C@@H]3COCP(=O)(O)OC1[C@H]2O. The van der Waals surface area contributed by atoms with E-state index in [0.717, 1.165) is 0 Å². The molecule has 45 heavy (non-hydrogen) atoms. The first-order chi connectivity index (χ1) is 21.4. The number of nitrogens with zero attached hydrogens (tertiary/aromatic N) is 7. The van der Waals surface area contributed by atoms with Gasteiger partial charge in [0, 0.05) is 6.20 Å². The molecule has 7 heterocycles. The lowest BCUT2D eigenvalue weighted by Crippen LogP contribution is -2.38. The summed E-state index contributed by atoms with van der Waals surface area (Å²) in [6, 6.07) is 1.52. The van der Waals surface area contributed by atoms with Crippen LogP contribution < -0.4 is 11.5 Å². The number of fused-ring (bicyclic) bond motifs is 5. The molecule has 242 valence electrons. The Morgan fingerprint density at radius 1 is 0.822 bits per heavy atom. The lowest BCUT2D eigenvalue weighted by molar-refractivity contribution is -0.0639. The molecule has 0 amide bonds. The molecule has 0 saturated carbocycles. The second-order valence-electron chi connectivity index (χ2n) is 10.5. The number of aliphatic hydroxyl groups is 2. The van der Waals surface area contributed by atoms with Gasteiger partial charge >= 0.3 is 15.4 Å². The number of aromatic nitrogens is 7. The van der Waals surface area contributed by atoms with Crippen molar-refractivity contribution in [2.45, 2.75) is 49.1 Å². The van der Waals surface area contributed by atoms with E-state index in [0.29, 0.717) is 11.2 Å². The van der Waals surface area contributed by atoms with E-state index in [2.05, 4.69) is 24.9 Å². The summed E-state index contributed by atoms with van der Waals surface area (Å²) in [6.07, 6.45) is -7.33. The van der Waals surface area contributed by atoms with Gasteiger partial charge in [-0.2, -0.15) is 0 Å². The van der Waals surface area contributed by atoms with Crippen molar-refractivity contribution < 1.29 is 56.9 Å². The molecule has 21 nitrogen and oxygen atoms in total. The van der Waals surface area contributed by atoms with Gasteiger partial charge in [-0.1, -0.05) is 0 Å². The van der Waals surface area contributed by atoms with Crippen LogP contribution in [-0.2, 0) is 36.9 Å². The number of aliphatic hydroxyl groups excluding tert-OH is 2. The molecular formula is C22H27N9O12P2. The average Bonchev–Trinajstić information content (AvgIpc) is 3.74. The molecule has 8 N–H and O–H groups in total. The van der Waals surface area contributed by atoms with Crippen LogP contribution in [0.4, 0.5) is 11.5 Å². The second kappa shape index (κ2) is 11.3. The zero-order valence-corrected chi connectivity index (χ0v) is 24.7. The molecule has 0 aromatic carbocycles. The third-order valence-electron chi connectivity index (χ3n) is 7.53. The van der Waals surface area contributed by atoms with Gasteiger partial charge in [-0.05, 0) is 6.07 Å². The zero-order valence-electron chi connectivity index (χ0n) is 22.9. The predicted octanol–water partition coefficient (Wildman–Crippen LogP) is -0.987. The van der Waals surface area contributed by atoms with Crippen LogP contribution in [0.15, 0.2) is 31.2 Å². The second-order valence-corrected chi connectivity index (χ2v) is 13.6. The van der Waals surface area contributed by atoms with E-state index in [1.807, 2.05) is 0 Å². The van der Waals surface area contributed by atoms with E-state index in [4.69, 9.17) is 39.2 Å². The summed E-state index contributed by atoms with van der Waals surface area (Å²) < 4.78 is 62.2. The molecule has 0 spiro atoms. The Kier molecular flexibility index (Phi) is 7.63. The molecule has 10 atom stereocenters. The number of phosphoric ester groups is 1. The first-order valence-electron chi connectivity index (χ1n) is 13.3. The summed E-state index contributed by atoms with van der Waals surface area (Å²) in [5.41, 5.74) is 13.0. The maximum Gasteiger partial charge on any atom is 0.472 e. The van der Waals surface area contributed by atoms with Gasteiger partial charge < -0.3 is 45.7 Å². The van der Waals surface area contributed by atoms with Crippen molar-refractivity contribution in [1.82, 2.24) is 34.1 Å². The summed E-state index contributed by atoms with van der Waals surface area (Å²) in [7, 11) is -9.62. The Morgan fingerprint density at radius 3 is 2.33 bits per heavy atom. The molecule has 0 radical (unpaired) electrons. The molecule has 4 aromatic rings. The molecule has 0 aliphatic carbocycles. The number of rotatable bonds is 2. The number of anilines is 2. The van der Waals surface area contributed by atoms with Crippen LogP contribution in [0.5, 0.6) is 0 Å². The third-order valence-corrected chi connectivity index (χ3v) is 9.60. The maximum absolute atomic E-state index is 13.2. The fraction of sp³-hybridized carbons (Fsp3) is 0.500. The summed E-state index contributed by atoms with van der Waals surface area (Å²) in [6.45, 7) is -1.25. The normalized spacial score (nSPS) is 38.0. The maximum atomic E-state index is 13.2. The molecule has 3 fully saturated rings. The van der Waals surface area contributed by atoms with Gasteiger partial charge in [-0.3, -0.25) is 27.3 Å². The quantitative estimate of drug-likeness (QED) is 0.139. The van der Waals surface area contributed by atoms with Gasteiger partial charge in [0.2, 0.25) is 0 Å². The first kappa shape index (κ1) is 30.5. The van der Waals surface area contributed by atoms with Crippen molar-refractivity contribution >= 4 is 49.3 Å². The Hall–Kier alpha value is -3.17. The van der Waals surface area contributed by atoms with Gasteiger partial charge in [-0.15, -0.1) is 0 Å². The van der Waals surface area contributed by atoms with Crippen molar-refractivity contribution in [2.24, 2.45) is 0 Å². The van der Waals surface area contributed by atoms with Gasteiger partial charge in [0.25, 0.3) is 0 Å². The van der Waals surface area contributed by atoms with E-state index in [9.17, 15) is 29.1 Å². The van der Waals surface area contributed by atoms with E-state index < -0.39 is 84.1 Å². The standard InChI is InChI=1S/C22H27N9O12P2/c23-9-1-2-25-19-12(9)28-6-31(19)22-17-14(32)10(40-22)4-39-45(36,37)43-16-11(3-38-8-44(34,35)42-17)41-21(15(16)33)30-7-29-13-18(24)26-5-27-20(13)30/h1-2,5-7,10-11,14-17,21-22,32-33H,3-4,8H2,(H2,23,25)(H,34,35)(H,36,37)(H2,24,26,27)/t10-,11-,14+,15?,16+,17?,21-,22-/m1/s1. The molecule has 3 aliphatic heterocycles. The molecule has 3 saturated heterocycles. The molecule has 7 rings (SSSR count). The number of nitrogens with two attached hydrogens (primary N) is 2. The van der Waals surface area contributed by atoms with Crippen LogP contribution in [-0.4, -0.2) is 110 Å². The lowest BCUT2D eigenvalue weighted by Gasteiger charge is -2.26. The zero-order chi connectivity index (χ0) is 31.7. The van der Waals surface area contributed by atoms with Crippen molar-refractivity contribution in [2.75, 3.05) is 31.0 Å². The molecule has 3 aliphatic rings. The summed E-state index contributed by atoms with van der Waals surface area (Å²) in [5, 5.41) is 22.3. The smallest absolute Gasteiger partial charge is 0.397 e. The highest BCUT2D eigenvalue weighted by Crippen LogP contribution is 2.52. The first-order valence-corrected chi connectivity index (χ1v) is 16.6. The highest BCUT2D eigenvalue weighted by Gasteiger charge is 2.53. The lowest BCUT2D eigenvalue weighted by atomic mass is 10.1. The van der Waals surface area contributed by atoms with Crippen LogP contribution in [0.1, 0.15) is 12.5 Å². The Balaban J connectivity index is 1.17. The number of nitrogen functional groups attached to an aromatic ring is 2. The van der Waals surface area contributed by atoms with Gasteiger partial charge in [0.05, 0.1) is 31.6 Å². The summed E-state index contributed by atoms with van der Waals surface area (Å²) >= 11 is 0. The number of imidazole rings is 2. The van der Waals surface area contributed by atoms with Crippen molar-refractivity contribution in [3.63, 3.8) is 0 Å². The van der Waals surface area contributed by atoms with Crippen LogP contribution in [0, 0.1) is 0 Å². The number of hydrogen-bond donors (Lipinski definition) is 6. The van der Waals surface area contributed by atoms with E-state index in [-0.39, 0.29) is 22.6 Å². The minimum absolute atomic E-state index is 0.0685. The monoisotopic (exact) mass is 671 g/mol. The fourth-order valence-corrected chi connectivity index (χ4v) is 7.43. The van der Waals surface area contributed by atoms with E-state index in [1.165, 1.54) is 40.4 Å². The van der Waals surface area contributed by atoms with Crippen LogP contribution >= 0.6 is 15.4 Å². The number of ether oxygens (including phenoxy) is 3. The van der Waals surface area contributed by atoms with E-state index in [1.54, 1.807) is 0 Å². The Labute approximate surface area is 251 Å². The Morgan fingerprint density at radius 2 is 1.53 bits per heavy atom. The molecule has 2 bridgehead atoms. The van der Waals surface area contributed by atoms with E-state index >= 15 is 0 Å². The highest BCUT2D eigenvalue weighted by atomic mass is 31.2. The molecule has 23 heteroatoms. The molecular weight excluding hydrogens is 644 g/mol. The Bertz CT molecular complexity index is 1840. The van der Waals surface area contributed by atoms with Gasteiger partial charge in [0.1, 0.15) is 60.3 Å².